The predicted molar refractivity (Wildman–Crippen MR) is 100.0 cm³/mol. The highest BCUT2D eigenvalue weighted by molar-refractivity contribution is 7.99. The Balaban J connectivity index is 1.76. The van der Waals surface area contributed by atoms with Crippen LogP contribution in [0, 0.1) is 6.92 Å². The number of hydrogen-bond donors (Lipinski definition) is 1. The summed E-state index contributed by atoms with van der Waals surface area (Å²) >= 11 is 1.30. The van der Waals surface area contributed by atoms with E-state index < -0.39 is 18.5 Å². The molecule has 1 aromatic carbocycles. The van der Waals surface area contributed by atoms with Gasteiger partial charge in [-0.3, -0.25) is 14.4 Å². The molecule has 0 spiro atoms. The molecule has 1 N–H and O–H groups in total. The summed E-state index contributed by atoms with van der Waals surface area (Å²) in [5.74, 6) is 0.918. The van der Waals surface area contributed by atoms with Crippen molar-refractivity contribution in [2.45, 2.75) is 19.6 Å². The SMILES string of the molecule is COc1ccc(C(C)=O)cc1CSCC(=O)OCC(=O)Nc1cc(C)on1. The molecule has 1 heterocycles. The van der Waals surface area contributed by atoms with Crippen LogP contribution in [0.4, 0.5) is 5.82 Å². The fraction of sp³-hybridized carbons (Fsp3) is 0.333. The summed E-state index contributed by atoms with van der Waals surface area (Å²) in [7, 11) is 1.54. The number of nitrogens with one attached hydrogen (secondary N) is 1. The van der Waals surface area contributed by atoms with Gasteiger partial charge in [-0.05, 0) is 32.0 Å². The average molecular weight is 392 g/mol. The average Bonchev–Trinajstić information content (AvgIpc) is 3.04. The zero-order valence-electron chi connectivity index (χ0n) is 15.2. The first kappa shape index (κ1) is 20.5. The Morgan fingerprint density at radius 1 is 1.26 bits per heavy atom. The molecule has 2 aromatic rings. The van der Waals surface area contributed by atoms with E-state index in [4.69, 9.17) is 14.0 Å². The first-order chi connectivity index (χ1) is 12.9. The Morgan fingerprint density at radius 3 is 2.67 bits per heavy atom. The van der Waals surface area contributed by atoms with Crippen LogP contribution in [0.3, 0.4) is 0 Å². The Kier molecular flexibility index (Phi) is 7.42. The molecule has 0 unspecified atom stereocenters. The highest BCUT2D eigenvalue weighted by atomic mass is 32.2. The van der Waals surface area contributed by atoms with Crippen LogP contribution in [-0.2, 0) is 20.1 Å². The third kappa shape index (κ3) is 6.45. The predicted octanol–water partition coefficient (Wildman–Crippen LogP) is 2.61. The summed E-state index contributed by atoms with van der Waals surface area (Å²) in [5.41, 5.74) is 1.39. The van der Waals surface area contributed by atoms with E-state index in [-0.39, 0.29) is 17.4 Å². The van der Waals surface area contributed by atoms with Crippen molar-refractivity contribution >= 4 is 35.2 Å². The molecule has 0 bridgehead atoms. The van der Waals surface area contributed by atoms with Crippen molar-refractivity contribution < 1.29 is 28.4 Å². The maximum absolute atomic E-state index is 11.8. The Labute approximate surface area is 160 Å². The topological polar surface area (TPSA) is 108 Å². The van der Waals surface area contributed by atoms with Crippen LogP contribution >= 0.6 is 11.8 Å². The van der Waals surface area contributed by atoms with Crippen LogP contribution in [0.25, 0.3) is 0 Å². The van der Waals surface area contributed by atoms with Crippen LogP contribution in [0.5, 0.6) is 5.75 Å². The van der Waals surface area contributed by atoms with E-state index in [2.05, 4.69) is 10.5 Å². The first-order valence-electron chi connectivity index (χ1n) is 8.03. The minimum atomic E-state index is -0.520. The van der Waals surface area contributed by atoms with Crippen molar-refractivity contribution in [2.75, 3.05) is 24.8 Å². The number of methoxy groups -OCH3 is 1. The summed E-state index contributed by atoms with van der Waals surface area (Å²) in [6, 6.07) is 6.71. The lowest BCUT2D eigenvalue weighted by Crippen LogP contribution is -2.21. The van der Waals surface area contributed by atoms with Crippen LogP contribution in [0.2, 0.25) is 0 Å². The number of carbonyl (C=O) groups excluding carboxylic acids is 3. The van der Waals surface area contributed by atoms with E-state index >= 15 is 0 Å². The van der Waals surface area contributed by atoms with Gasteiger partial charge in [0.1, 0.15) is 11.5 Å². The van der Waals surface area contributed by atoms with E-state index in [1.54, 1.807) is 38.3 Å². The number of Topliss-reactive ketones (excluding diaryl/α,β-unsaturated/α-hetero) is 1. The number of rotatable bonds is 9. The van der Waals surface area contributed by atoms with Gasteiger partial charge in [-0.25, -0.2) is 0 Å². The second kappa shape index (κ2) is 9.77. The monoisotopic (exact) mass is 392 g/mol. The quantitative estimate of drug-likeness (QED) is 0.512. The molecule has 0 aliphatic rings. The van der Waals surface area contributed by atoms with Gasteiger partial charge in [0.15, 0.2) is 18.2 Å². The van der Waals surface area contributed by atoms with Gasteiger partial charge in [-0.15, -0.1) is 11.8 Å². The van der Waals surface area contributed by atoms with Crippen LogP contribution < -0.4 is 10.1 Å². The number of carbonyl (C=O) groups is 3. The minimum absolute atomic E-state index is 0.0448. The fourth-order valence-corrected chi connectivity index (χ4v) is 2.94. The molecule has 9 heteroatoms. The summed E-state index contributed by atoms with van der Waals surface area (Å²) in [6.45, 7) is 2.77. The number of amides is 1. The van der Waals surface area contributed by atoms with Gasteiger partial charge >= 0.3 is 5.97 Å². The molecule has 0 saturated carbocycles. The number of anilines is 1. The van der Waals surface area contributed by atoms with E-state index in [0.29, 0.717) is 22.8 Å². The minimum Gasteiger partial charge on any atom is -0.496 e. The highest BCUT2D eigenvalue weighted by Gasteiger charge is 2.12. The number of nitrogens with zero attached hydrogens (tertiary/aromatic N) is 1. The normalized spacial score (nSPS) is 10.3. The summed E-state index contributed by atoms with van der Waals surface area (Å²) in [6.07, 6.45) is 0. The van der Waals surface area contributed by atoms with Crippen LogP contribution in [-0.4, -0.2) is 42.3 Å². The smallest absolute Gasteiger partial charge is 0.316 e. The van der Waals surface area contributed by atoms with Gasteiger partial charge in [0, 0.05) is 22.9 Å². The molecule has 144 valence electrons. The Hall–Kier alpha value is -2.81. The van der Waals surface area contributed by atoms with Gasteiger partial charge in [-0.1, -0.05) is 5.16 Å². The van der Waals surface area contributed by atoms with Gasteiger partial charge in [0.2, 0.25) is 0 Å². The molecule has 0 aliphatic carbocycles. The summed E-state index contributed by atoms with van der Waals surface area (Å²) in [5, 5.41) is 6.07. The number of benzene rings is 1. The number of aryl methyl sites for hydroxylation is 1. The molecule has 0 radical (unpaired) electrons. The number of ether oxygens (including phenoxy) is 2. The van der Waals surface area contributed by atoms with Gasteiger partial charge < -0.3 is 19.3 Å². The van der Waals surface area contributed by atoms with E-state index in [1.165, 1.54) is 18.7 Å². The maximum atomic E-state index is 11.8. The molecule has 0 fully saturated rings. The van der Waals surface area contributed by atoms with Crippen molar-refractivity contribution in [1.82, 2.24) is 5.16 Å². The molecular weight excluding hydrogens is 372 g/mol. The lowest BCUT2D eigenvalue weighted by molar-refractivity contribution is -0.144. The Bertz CT molecular complexity index is 833. The van der Waals surface area contributed by atoms with E-state index in [9.17, 15) is 14.4 Å². The Morgan fingerprint density at radius 2 is 2.04 bits per heavy atom. The number of aromatic nitrogens is 1. The van der Waals surface area contributed by atoms with Gasteiger partial charge in [0.25, 0.3) is 5.91 Å². The second-order valence-electron chi connectivity index (χ2n) is 5.61. The van der Waals surface area contributed by atoms with Gasteiger partial charge in [0.05, 0.1) is 12.9 Å². The summed E-state index contributed by atoms with van der Waals surface area (Å²) in [4.78, 5) is 35.0. The van der Waals surface area contributed by atoms with E-state index in [1.807, 2.05) is 0 Å². The standard InChI is InChI=1S/C18H20N2O6S/c1-11-6-16(20-26-11)19-17(22)8-25-18(23)10-27-9-14-7-13(12(2)21)4-5-15(14)24-3/h4-7H,8-10H2,1-3H3,(H,19,20,22). The molecule has 1 aromatic heterocycles. The molecular formula is C18H20N2O6S. The zero-order chi connectivity index (χ0) is 19.8. The zero-order valence-corrected chi connectivity index (χ0v) is 16.1. The van der Waals surface area contributed by atoms with Gasteiger partial charge in [-0.2, -0.15) is 0 Å². The van der Waals surface area contributed by atoms with Crippen molar-refractivity contribution in [3.05, 3.63) is 41.2 Å². The maximum Gasteiger partial charge on any atom is 0.316 e. The number of thioether (sulfide) groups is 1. The first-order valence-corrected chi connectivity index (χ1v) is 9.19. The molecule has 8 nitrogen and oxygen atoms in total. The molecule has 27 heavy (non-hydrogen) atoms. The molecule has 0 saturated heterocycles. The largest absolute Gasteiger partial charge is 0.496 e. The molecule has 0 atom stereocenters. The third-order valence-electron chi connectivity index (χ3n) is 3.42. The van der Waals surface area contributed by atoms with E-state index in [0.717, 1.165) is 5.56 Å². The molecule has 2 rings (SSSR count). The molecule has 0 aliphatic heterocycles. The lowest BCUT2D eigenvalue weighted by atomic mass is 10.1. The second-order valence-corrected chi connectivity index (χ2v) is 6.59. The van der Waals surface area contributed by atoms with Crippen molar-refractivity contribution in [3.8, 4) is 5.75 Å². The van der Waals surface area contributed by atoms with Crippen molar-refractivity contribution in [1.29, 1.82) is 0 Å². The van der Waals surface area contributed by atoms with Crippen molar-refractivity contribution in [2.24, 2.45) is 0 Å². The fourth-order valence-electron chi connectivity index (χ4n) is 2.15. The van der Waals surface area contributed by atoms with Crippen molar-refractivity contribution in [3.63, 3.8) is 0 Å². The number of hydrogen-bond acceptors (Lipinski definition) is 8. The highest BCUT2D eigenvalue weighted by Crippen LogP contribution is 2.25. The summed E-state index contributed by atoms with van der Waals surface area (Å²) < 4.78 is 15.0. The number of esters is 1. The number of ketones is 1. The third-order valence-corrected chi connectivity index (χ3v) is 4.38. The lowest BCUT2D eigenvalue weighted by Gasteiger charge is -2.10. The molecule has 1 amide bonds. The van der Waals surface area contributed by atoms with Crippen LogP contribution in [0.1, 0.15) is 28.6 Å². The van der Waals surface area contributed by atoms with Crippen LogP contribution in [0.15, 0.2) is 28.8 Å².